The van der Waals surface area contributed by atoms with Gasteiger partial charge < -0.3 is 9.73 Å². The highest BCUT2D eigenvalue weighted by molar-refractivity contribution is 6.30. The van der Waals surface area contributed by atoms with Crippen LogP contribution in [0.4, 0.5) is 17.6 Å². The Balaban J connectivity index is 0.000000534. The molecule has 6 nitrogen and oxygen atoms in total. The van der Waals surface area contributed by atoms with Crippen LogP contribution in [0.2, 0.25) is 5.02 Å². The Bertz CT molecular complexity index is 912. The maximum Gasteiger partial charge on any atom is 0.522 e. The number of methoxy groups -OCH3 is 1. The highest BCUT2D eigenvalue weighted by atomic mass is 35.5. The molecule has 32 heavy (non-hydrogen) atoms. The van der Waals surface area contributed by atoms with E-state index in [2.05, 4.69) is 26.8 Å². The van der Waals surface area contributed by atoms with E-state index in [9.17, 15) is 22.4 Å². The first-order chi connectivity index (χ1) is 15.1. The van der Waals surface area contributed by atoms with Crippen molar-refractivity contribution in [1.82, 2.24) is 15.5 Å². The molecule has 176 valence electrons. The summed E-state index contributed by atoms with van der Waals surface area (Å²) in [5.74, 6) is 0.242. The second kappa shape index (κ2) is 12.0. The molecule has 1 saturated carbocycles. The van der Waals surface area contributed by atoms with Crippen LogP contribution in [0.5, 0.6) is 0 Å². The van der Waals surface area contributed by atoms with Crippen molar-refractivity contribution in [2.24, 2.45) is 5.92 Å². The van der Waals surface area contributed by atoms with Crippen molar-refractivity contribution in [2.75, 3.05) is 7.11 Å². The van der Waals surface area contributed by atoms with Crippen molar-refractivity contribution in [3.63, 3.8) is 0 Å². The largest absolute Gasteiger partial charge is 0.522 e. The van der Waals surface area contributed by atoms with Crippen molar-refractivity contribution < 1.29 is 31.5 Å². The van der Waals surface area contributed by atoms with Crippen LogP contribution in [0.1, 0.15) is 44.4 Å². The Kier molecular flexibility index (Phi) is 9.64. The summed E-state index contributed by atoms with van der Waals surface area (Å²) in [5, 5.41) is 10.8. The highest BCUT2D eigenvalue weighted by Gasteiger charge is 2.26. The maximum absolute atomic E-state index is 13.5. The fourth-order valence-corrected chi connectivity index (χ4v) is 3.18. The predicted molar refractivity (Wildman–Crippen MR) is 110 cm³/mol. The summed E-state index contributed by atoms with van der Waals surface area (Å²) < 4.78 is 53.7. The number of carbonyl (C=O) groups is 1. The number of rotatable bonds is 6. The average molecular weight is 478 g/mol. The van der Waals surface area contributed by atoms with E-state index < -0.39 is 12.2 Å². The summed E-state index contributed by atoms with van der Waals surface area (Å²) >= 11 is 5.67. The molecule has 1 heterocycles. The van der Waals surface area contributed by atoms with Crippen molar-refractivity contribution in [1.29, 1.82) is 0 Å². The fraction of sp³-hybridized carbons (Fsp3) is 0.476. The molecule has 1 aliphatic carbocycles. The number of hydrogen-bond donors (Lipinski definition) is 1. The molecule has 2 aromatic rings. The normalized spacial score (nSPS) is 14.4. The quantitative estimate of drug-likeness (QED) is 0.530. The molecule has 1 aliphatic rings. The molecule has 0 aliphatic heterocycles. The molecule has 11 heteroatoms. The van der Waals surface area contributed by atoms with Crippen LogP contribution < -0.4 is 5.32 Å². The van der Waals surface area contributed by atoms with E-state index in [1.165, 1.54) is 18.6 Å². The third kappa shape index (κ3) is 8.58. The number of ether oxygens (including phenoxy) is 1. The van der Waals surface area contributed by atoms with Gasteiger partial charge in [-0.2, -0.15) is 0 Å². The van der Waals surface area contributed by atoms with Gasteiger partial charge in [0.05, 0.1) is 5.02 Å². The minimum Gasteiger partial charge on any atom is -0.421 e. The SMILES string of the molecule is C=C(CCc1nnc(-c2ccc(Cl)c(F)c2)o1)NC(=O)C1CCCCC1.COC(F)(F)F. The van der Waals surface area contributed by atoms with Gasteiger partial charge in [-0.15, -0.1) is 23.4 Å². The number of aromatic nitrogens is 2. The predicted octanol–water partition coefficient (Wildman–Crippen LogP) is 5.82. The van der Waals surface area contributed by atoms with Crippen molar-refractivity contribution in [2.45, 2.75) is 51.3 Å². The zero-order valence-corrected chi connectivity index (χ0v) is 18.2. The first-order valence-electron chi connectivity index (χ1n) is 9.97. The lowest BCUT2D eigenvalue weighted by Crippen LogP contribution is -2.31. The summed E-state index contributed by atoms with van der Waals surface area (Å²) in [6.07, 6.45) is 1.83. The molecular weight excluding hydrogens is 454 g/mol. The smallest absolute Gasteiger partial charge is 0.421 e. The molecule has 1 fully saturated rings. The Morgan fingerprint density at radius 1 is 1.28 bits per heavy atom. The van der Waals surface area contributed by atoms with Crippen LogP contribution >= 0.6 is 11.6 Å². The number of benzene rings is 1. The summed E-state index contributed by atoms with van der Waals surface area (Å²) in [5.41, 5.74) is 1.10. The van der Waals surface area contributed by atoms with Gasteiger partial charge in [-0.05, 0) is 37.5 Å². The van der Waals surface area contributed by atoms with Gasteiger partial charge in [-0.1, -0.05) is 37.4 Å². The first kappa shape index (κ1) is 25.8. The minimum atomic E-state index is -4.46. The van der Waals surface area contributed by atoms with Crippen molar-refractivity contribution >= 4 is 17.5 Å². The summed E-state index contributed by atoms with van der Waals surface area (Å²) in [6, 6.07) is 4.31. The molecule has 1 aromatic carbocycles. The van der Waals surface area contributed by atoms with Gasteiger partial charge >= 0.3 is 6.36 Å². The molecule has 0 spiro atoms. The molecule has 1 aromatic heterocycles. The molecule has 0 atom stereocenters. The fourth-order valence-electron chi connectivity index (χ4n) is 3.06. The van der Waals surface area contributed by atoms with Crippen LogP contribution in [0, 0.1) is 11.7 Å². The lowest BCUT2D eigenvalue weighted by Gasteiger charge is -2.21. The van der Waals surface area contributed by atoms with E-state index in [-0.39, 0.29) is 22.7 Å². The van der Waals surface area contributed by atoms with Gasteiger partial charge in [0.2, 0.25) is 17.7 Å². The van der Waals surface area contributed by atoms with Crippen LogP contribution in [0.3, 0.4) is 0 Å². The molecule has 1 amide bonds. The molecule has 0 bridgehead atoms. The molecule has 3 rings (SSSR count). The lowest BCUT2D eigenvalue weighted by molar-refractivity contribution is -0.311. The van der Waals surface area contributed by atoms with Crippen LogP contribution in [-0.4, -0.2) is 29.6 Å². The van der Waals surface area contributed by atoms with Crippen molar-refractivity contribution in [3.05, 3.63) is 47.2 Å². The number of allylic oxidation sites excluding steroid dienone is 1. The Hall–Kier alpha value is -2.46. The Morgan fingerprint density at radius 2 is 1.94 bits per heavy atom. The monoisotopic (exact) mass is 477 g/mol. The standard InChI is InChI=1S/C19H21ClFN3O2.C2H3F3O/c1-12(22-18(25)13-5-3-2-4-6-13)7-10-17-23-24-19(26-17)14-8-9-15(20)16(21)11-14;1-6-2(3,4)5/h8-9,11,13H,1-7,10H2,(H,22,25);1H3. The number of alkyl halides is 3. The Morgan fingerprint density at radius 3 is 2.53 bits per heavy atom. The maximum atomic E-state index is 13.5. The van der Waals surface area contributed by atoms with E-state index in [0.29, 0.717) is 37.1 Å². The number of carbonyl (C=O) groups excluding carboxylic acids is 1. The van der Waals surface area contributed by atoms with E-state index in [1.807, 2.05) is 0 Å². The van der Waals surface area contributed by atoms with Gasteiger partial charge in [0.1, 0.15) is 5.82 Å². The van der Waals surface area contributed by atoms with Crippen molar-refractivity contribution in [3.8, 4) is 11.5 Å². The van der Waals surface area contributed by atoms with Gasteiger partial charge in [-0.25, -0.2) is 4.39 Å². The third-order valence-corrected chi connectivity index (χ3v) is 5.09. The number of aryl methyl sites for hydroxylation is 1. The number of hydrogen-bond acceptors (Lipinski definition) is 5. The van der Waals surface area contributed by atoms with E-state index in [0.717, 1.165) is 25.7 Å². The third-order valence-electron chi connectivity index (χ3n) is 4.78. The zero-order valence-electron chi connectivity index (χ0n) is 17.5. The number of nitrogens with one attached hydrogen (secondary N) is 1. The lowest BCUT2D eigenvalue weighted by atomic mass is 9.88. The molecule has 0 saturated heterocycles. The van der Waals surface area contributed by atoms with E-state index in [1.54, 1.807) is 6.07 Å². The number of halogens is 5. The minimum absolute atomic E-state index is 0.0403. The average Bonchev–Trinajstić information content (AvgIpc) is 3.24. The van der Waals surface area contributed by atoms with Gasteiger partial charge in [-0.3, -0.25) is 9.53 Å². The summed E-state index contributed by atoms with van der Waals surface area (Å²) in [4.78, 5) is 12.2. The second-order valence-corrected chi connectivity index (χ2v) is 7.61. The topological polar surface area (TPSA) is 77.3 Å². The van der Waals surface area contributed by atoms with E-state index >= 15 is 0 Å². The van der Waals surface area contributed by atoms with Gasteiger partial charge in [0.25, 0.3) is 0 Å². The van der Waals surface area contributed by atoms with Crippen LogP contribution in [-0.2, 0) is 16.0 Å². The molecule has 0 unspecified atom stereocenters. The number of amides is 1. The Labute approximate surface area is 188 Å². The molecule has 0 radical (unpaired) electrons. The summed E-state index contributed by atoms with van der Waals surface area (Å²) in [7, 11) is 0.583. The second-order valence-electron chi connectivity index (χ2n) is 7.21. The van der Waals surface area contributed by atoms with E-state index in [4.69, 9.17) is 16.0 Å². The summed E-state index contributed by atoms with van der Waals surface area (Å²) in [6.45, 7) is 3.90. The zero-order chi connectivity index (χ0) is 23.7. The molecule has 1 N–H and O–H groups in total. The highest BCUT2D eigenvalue weighted by Crippen LogP contribution is 2.25. The number of nitrogens with zero attached hydrogens (tertiary/aromatic N) is 2. The van der Waals surface area contributed by atoms with Gasteiger partial charge in [0, 0.05) is 30.7 Å². The molecular formula is C21H24ClF4N3O3. The van der Waals surface area contributed by atoms with Crippen LogP contribution in [0.25, 0.3) is 11.5 Å². The first-order valence-corrected chi connectivity index (χ1v) is 10.3. The van der Waals surface area contributed by atoms with Crippen LogP contribution in [0.15, 0.2) is 34.9 Å². The van der Waals surface area contributed by atoms with Gasteiger partial charge in [0.15, 0.2) is 0 Å².